The van der Waals surface area contributed by atoms with Gasteiger partial charge in [0.05, 0.1) is 28.6 Å². The summed E-state index contributed by atoms with van der Waals surface area (Å²) in [5, 5.41) is 11.0. The fraction of sp³-hybridized carbons (Fsp3) is 0. The molecule has 0 saturated heterocycles. The highest BCUT2D eigenvalue weighted by Crippen LogP contribution is 2.30. The molecule has 19 heavy (non-hydrogen) atoms. The maximum atomic E-state index is 12.1. The molecule has 4 N–H and O–H groups in total. The van der Waals surface area contributed by atoms with Crippen molar-refractivity contribution >= 4 is 50.6 Å². The number of anilines is 2. The first-order valence-corrected chi connectivity index (χ1v) is 6.49. The molecule has 0 aliphatic heterocycles. The highest BCUT2D eigenvalue weighted by atomic mass is 35.5. The zero-order valence-electron chi connectivity index (χ0n) is 9.48. The van der Waals surface area contributed by atoms with Gasteiger partial charge in [0.2, 0.25) is 0 Å². The number of fused-ring (bicyclic) bond motifs is 1. The van der Waals surface area contributed by atoms with Crippen LogP contribution in [-0.2, 0) is 0 Å². The molecule has 0 atom stereocenters. The molecule has 3 aromatic rings. The maximum absolute atomic E-state index is 12.1. The van der Waals surface area contributed by atoms with Gasteiger partial charge in [0, 0.05) is 5.39 Å². The lowest BCUT2D eigenvalue weighted by Gasteiger charge is -2.06. The summed E-state index contributed by atoms with van der Waals surface area (Å²) in [5.74, 6) is -0.301. The molecule has 1 aromatic carbocycles. The molecular weight excluding hydrogens is 286 g/mol. The first-order chi connectivity index (χ1) is 9.15. The number of amides is 1. The Hall–Kier alpha value is -2.12. The lowest BCUT2D eigenvalue weighted by atomic mass is 10.2. The number of H-pyrrole nitrogens is 1. The van der Waals surface area contributed by atoms with Crippen LogP contribution in [0.3, 0.4) is 0 Å². The smallest absolute Gasteiger partial charge is 0.267 e. The molecule has 0 spiro atoms. The predicted molar refractivity (Wildman–Crippen MR) is 75.6 cm³/mol. The van der Waals surface area contributed by atoms with E-state index in [1.54, 1.807) is 18.3 Å². The molecule has 0 fully saturated rings. The van der Waals surface area contributed by atoms with Crippen molar-refractivity contribution < 1.29 is 4.79 Å². The molecule has 2 aromatic heterocycles. The number of nitrogens with two attached hydrogens (primary N) is 1. The fourth-order valence-electron chi connectivity index (χ4n) is 1.69. The van der Waals surface area contributed by atoms with Crippen molar-refractivity contribution in [3.8, 4) is 0 Å². The normalized spacial score (nSPS) is 10.8. The average molecular weight is 294 g/mol. The van der Waals surface area contributed by atoms with E-state index in [2.05, 4.69) is 20.5 Å². The van der Waals surface area contributed by atoms with Crippen molar-refractivity contribution in [1.29, 1.82) is 0 Å². The summed E-state index contributed by atoms with van der Waals surface area (Å²) in [7, 11) is 0. The predicted octanol–water partition coefficient (Wildman–Crippen LogP) is 2.51. The highest BCUT2D eigenvalue weighted by Gasteiger charge is 2.14. The summed E-state index contributed by atoms with van der Waals surface area (Å²) in [4.78, 5) is 16.3. The van der Waals surface area contributed by atoms with Crippen LogP contribution < -0.4 is 11.1 Å². The van der Waals surface area contributed by atoms with Crippen LogP contribution in [0, 0.1) is 0 Å². The Morgan fingerprint density at radius 3 is 3.00 bits per heavy atom. The van der Waals surface area contributed by atoms with E-state index in [4.69, 9.17) is 17.3 Å². The van der Waals surface area contributed by atoms with Gasteiger partial charge in [-0.1, -0.05) is 22.9 Å². The number of nitrogens with one attached hydrogen (secondary N) is 2. The second-order valence-electron chi connectivity index (χ2n) is 3.77. The van der Waals surface area contributed by atoms with Crippen LogP contribution in [0.1, 0.15) is 9.67 Å². The van der Waals surface area contributed by atoms with E-state index in [1.807, 2.05) is 0 Å². The zero-order valence-corrected chi connectivity index (χ0v) is 11.0. The minimum atomic E-state index is -0.301. The van der Waals surface area contributed by atoms with Crippen molar-refractivity contribution in [1.82, 2.24) is 15.2 Å². The minimum absolute atomic E-state index is 0.301. The van der Waals surface area contributed by atoms with E-state index in [9.17, 15) is 4.79 Å². The number of carbonyl (C=O) groups excluding carboxylic acids is 1. The third kappa shape index (κ3) is 2.13. The van der Waals surface area contributed by atoms with Crippen LogP contribution in [-0.4, -0.2) is 21.1 Å². The summed E-state index contributed by atoms with van der Waals surface area (Å²) in [6, 6.07) is 3.49. The van der Waals surface area contributed by atoms with Crippen LogP contribution in [0.25, 0.3) is 10.9 Å². The summed E-state index contributed by atoms with van der Waals surface area (Å²) in [5.41, 5.74) is 6.81. The van der Waals surface area contributed by atoms with Gasteiger partial charge < -0.3 is 11.1 Å². The number of rotatable bonds is 2. The van der Waals surface area contributed by atoms with E-state index in [0.29, 0.717) is 20.7 Å². The number of nitrogen functional groups attached to an aromatic ring is 1. The quantitative estimate of drug-likeness (QED) is 0.676. The number of carbonyl (C=O) groups is 1. The second kappa shape index (κ2) is 4.52. The third-order valence-corrected chi connectivity index (χ3v) is 3.70. The standard InChI is InChI=1S/C11H8ClN5OS/c12-6-1-2-7-5(3-15-17-7)9(6)16-10(18)8-4-14-11(13)19-8/h1-4H,(H2,13,14)(H,15,17)(H,16,18). The lowest BCUT2D eigenvalue weighted by Crippen LogP contribution is -2.10. The number of hydrogen-bond donors (Lipinski definition) is 3. The summed E-state index contributed by atoms with van der Waals surface area (Å²) < 4.78 is 0. The fourth-order valence-corrected chi connectivity index (χ4v) is 2.48. The maximum Gasteiger partial charge on any atom is 0.267 e. The number of halogens is 1. The van der Waals surface area contributed by atoms with Gasteiger partial charge in [0.25, 0.3) is 5.91 Å². The second-order valence-corrected chi connectivity index (χ2v) is 5.24. The molecule has 0 aliphatic carbocycles. The average Bonchev–Trinajstić information content (AvgIpc) is 3.01. The number of benzene rings is 1. The molecular formula is C11H8ClN5OS. The first kappa shape index (κ1) is 11.9. The largest absolute Gasteiger partial charge is 0.375 e. The Morgan fingerprint density at radius 1 is 1.42 bits per heavy atom. The number of thiazole rings is 1. The molecule has 8 heteroatoms. The third-order valence-electron chi connectivity index (χ3n) is 2.56. The molecule has 96 valence electrons. The van der Waals surface area contributed by atoms with E-state index in [-0.39, 0.29) is 5.91 Å². The van der Waals surface area contributed by atoms with Crippen LogP contribution in [0.4, 0.5) is 10.8 Å². The van der Waals surface area contributed by atoms with Crippen LogP contribution in [0.15, 0.2) is 24.5 Å². The Labute approximate surface area is 116 Å². The Bertz CT molecular complexity index is 765. The van der Waals surface area contributed by atoms with Crippen LogP contribution in [0.2, 0.25) is 5.02 Å². The van der Waals surface area contributed by atoms with Crippen molar-refractivity contribution in [2.45, 2.75) is 0 Å². The molecule has 2 heterocycles. The highest BCUT2D eigenvalue weighted by molar-refractivity contribution is 7.17. The Morgan fingerprint density at radius 2 is 2.26 bits per heavy atom. The van der Waals surface area contributed by atoms with Gasteiger partial charge in [0.15, 0.2) is 5.13 Å². The molecule has 0 bridgehead atoms. The summed E-state index contributed by atoms with van der Waals surface area (Å²) >= 11 is 7.22. The van der Waals surface area contributed by atoms with E-state index in [0.717, 1.165) is 22.2 Å². The zero-order chi connectivity index (χ0) is 13.4. The minimum Gasteiger partial charge on any atom is -0.375 e. The molecule has 0 unspecified atom stereocenters. The number of aromatic nitrogens is 3. The topological polar surface area (TPSA) is 96.7 Å². The summed E-state index contributed by atoms with van der Waals surface area (Å²) in [6.45, 7) is 0. The van der Waals surface area contributed by atoms with Gasteiger partial charge in [-0.25, -0.2) is 4.98 Å². The van der Waals surface area contributed by atoms with E-state index < -0.39 is 0 Å². The van der Waals surface area contributed by atoms with Gasteiger partial charge in [-0.3, -0.25) is 9.89 Å². The SMILES string of the molecule is Nc1ncc(C(=O)Nc2c(Cl)ccc3[nH]ncc23)s1. The molecule has 0 aliphatic rings. The number of aromatic amines is 1. The number of hydrogen-bond acceptors (Lipinski definition) is 5. The lowest BCUT2D eigenvalue weighted by molar-refractivity contribution is 0.103. The van der Waals surface area contributed by atoms with Gasteiger partial charge >= 0.3 is 0 Å². The molecule has 0 saturated carbocycles. The van der Waals surface area contributed by atoms with Crippen molar-refractivity contribution in [2.75, 3.05) is 11.1 Å². The van der Waals surface area contributed by atoms with Crippen molar-refractivity contribution in [3.05, 3.63) is 34.4 Å². The van der Waals surface area contributed by atoms with E-state index >= 15 is 0 Å². The molecule has 0 radical (unpaired) electrons. The van der Waals surface area contributed by atoms with Crippen molar-refractivity contribution in [3.63, 3.8) is 0 Å². The Kier molecular flexibility index (Phi) is 2.84. The van der Waals surface area contributed by atoms with Gasteiger partial charge in [-0.05, 0) is 12.1 Å². The van der Waals surface area contributed by atoms with Crippen LogP contribution >= 0.6 is 22.9 Å². The molecule has 1 amide bonds. The van der Waals surface area contributed by atoms with Crippen molar-refractivity contribution in [2.24, 2.45) is 0 Å². The number of nitrogens with zero attached hydrogens (tertiary/aromatic N) is 2. The van der Waals surface area contributed by atoms with Crippen LogP contribution in [0.5, 0.6) is 0 Å². The van der Waals surface area contributed by atoms with Gasteiger partial charge in [0.1, 0.15) is 4.88 Å². The first-order valence-electron chi connectivity index (χ1n) is 5.29. The summed E-state index contributed by atoms with van der Waals surface area (Å²) in [6.07, 6.45) is 3.04. The Balaban J connectivity index is 1.99. The van der Waals surface area contributed by atoms with Gasteiger partial charge in [-0.15, -0.1) is 0 Å². The molecule has 3 rings (SSSR count). The van der Waals surface area contributed by atoms with E-state index in [1.165, 1.54) is 6.20 Å². The van der Waals surface area contributed by atoms with Gasteiger partial charge in [-0.2, -0.15) is 5.10 Å². The molecule has 6 nitrogen and oxygen atoms in total. The monoisotopic (exact) mass is 293 g/mol.